The summed E-state index contributed by atoms with van der Waals surface area (Å²) in [5.74, 6) is -2.73. The molecule has 1 atom stereocenters. The average molecular weight is 358 g/mol. The SMILES string of the molecule is CC(C(=O)O)N(C)S(=O)(=O)c1ccc(C(=O)N2CCCC2)c(F)c1. The summed E-state index contributed by atoms with van der Waals surface area (Å²) in [6.07, 6.45) is 1.72. The van der Waals surface area contributed by atoms with E-state index in [1.54, 1.807) is 0 Å². The predicted molar refractivity (Wildman–Crippen MR) is 83.6 cm³/mol. The molecule has 1 amide bonds. The summed E-state index contributed by atoms with van der Waals surface area (Å²) in [4.78, 5) is 24.3. The summed E-state index contributed by atoms with van der Waals surface area (Å²) in [5, 5.41) is 8.93. The van der Waals surface area contributed by atoms with Crippen LogP contribution in [0.25, 0.3) is 0 Å². The van der Waals surface area contributed by atoms with Crippen molar-refractivity contribution < 1.29 is 27.5 Å². The van der Waals surface area contributed by atoms with Gasteiger partial charge in [0.15, 0.2) is 0 Å². The van der Waals surface area contributed by atoms with E-state index in [1.807, 2.05) is 0 Å². The van der Waals surface area contributed by atoms with E-state index >= 15 is 0 Å². The number of carbonyl (C=O) groups excluding carboxylic acids is 1. The highest BCUT2D eigenvalue weighted by atomic mass is 32.2. The molecule has 0 radical (unpaired) electrons. The first-order valence-electron chi connectivity index (χ1n) is 7.46. The number of likely N-dealkylation sites (tertiary alicyclic amines) is 1. The van der Waals surface area contributed by atoms with Crippen LogP contribution < -0.4 is 0 Å². The second-order valence-electron chi connectivity index (χ2n) is 5.68. The fraction of sp³-hybridized carbons (Fsp3) is 0.467. The summed E-state index contributed by atoms with van der Waals surface area (Å²) < 4.78 is 39.6. The minimum Gasteiger partial charge on any atom is -0.480 e. The van der Waals surface area contributed by atoms with Gasteiger partial charge >= 0.3 is 5.97 Å². The summed E-state index contributed by atoms with van der Waals surface area (Å²) in [7, 11) is -3.07. The van der Waals surface area contributed by atoms with E-state index in [0.29, 0.717) is 17.4 Å². The summed E-state index contributed by atoms with van der Waals surface area (Å²) >= 11 is 0. The maximum atomic E-state index is 14.3. The van der Waals surface area contributed by atoms with E-state index in [-0.39, 0.29) is 5.56 Å². The zero-order valence-electron chi connectivity index (χ0n) is 13.4. The number of carbonyl (C=O) groups is 2. The van der Waals surface area contributed by atoms with Crippen molar-refractivity contribution in [2.45, 2.75) is 30.7 Å². The lowest BCUT2D eigenvalue weighted by molar-refractivity contribution is -0.140. The summed E-state index contributed by atoms with van der Waals surface area (Å²) in [6, 6.07) is 1.70. The third-order valence-electron chi connectivity index (χ3n) is 4.14. The first kappa shape index (κ1) is 18.3. The van der Waals surface area contributed by atoms with Crippen LogP contribution in [-0.2, 0) is 14.8 Å². The average Bonchev–Trinajstić information content (AvgIpc) is 3.06. The number of sulfonamides is 1. The fourth-order valence-electron chi connectivity index (χ4n) is 2.45. The van der Waals surface area contributed by atoms with Crippen molar-refractivity contribution in [2.24, 2.45) is 0 Å². The van der Waals surface area contributed by atoms with E-state index in [2.05, 4.69) is 0 Å². The molecule has 7 nitrogen and oxygen atoms in total. The molecule has 1 aromatic rings. The Bertz CT molecular complexity index is 759. The number of halogens is 1. The quantitative estimate of drug-likeness (QED) is 0.852. The number of carboxylic acids is 1. The Morgan fingerprint density at radius 1 is 1.29 bits per heavy atom. The van der Waals surface area contributed by atoms with E-state index in [0.717, 1.165) is 38.1 Å². The fourth-order valence-corrected chi connectivity index (χ4v) is 3.78. The topological polar surface area (TPSA) is 95.0 Å². The van der Waals surface area contributed by atoms with Crippen molar-refractivity contribution in [3.8, 4) is 0 Å². The van der Waals surface area contributed by atoms with Gasteiger partial charge in [0.1, 0.15) is 11.9 Å². The molecule has 0 aromatic heterocycles. The first-order chi connectivity index (χ1) is 11.2. The van der Waals surface area contributed by atoms with Crippen molar-refractivity contribution in [3.05, 3.63) is 29.6 Å². The molecule has 1 aliphatic rings. The van der Waals surface area contributed by atoms with Gasteiger partial charge < -0.3 is 10.0 Å². The van der Waals surface area contributed by atoms with Crippen molar-refractivity contribution in [1.82, 2.24) is 9.21 Å². The minimum absolute atomic E-state index is 0.190. The largest absolute Gasteiger partial charge is 0.480 e. The van der Waals surface area contributed by atoms with Crippen LogP contribution in [0.4, 0.5) is 4.39 Å². The van der Waals surface area contributed by atoms with Gasteiger partial charge in [0, 0.05) is 20.1 Å². The molecule has 2 rings (SSSR count). The number of hydrogen-bond donors (Lipinski definition) is 1. The third-order valence-corrected chi connectivity index (χ3v) is 6.07. The maximum absolute atomic E-state index is 14.3. The Labute approximate surface area is 139 Å². The molecular weight excluding hydrogens is 339 g/mol. The molecule has 1 unspecified atom stereocenters. The molecule has 24 heavy (non-hydrogen) atoms. The smallest absolute Gasteiger partial charge is 0.321 e. The van der Waals surface area contributed by atoms with Crippen molar-refractivity contribution in [3.63, 3.8) is 0 Å². The van der Waals surface area contributed by atoms with Crippen LogP contribution in [0, 0.1) is 5.82 Å². The molecular formula is C15H19FN2O5S. The van der Waals surface area contributed by atoms with Crippen molar-refractivity contribution in [2.75, 3.05) is 20.1 Å². The molecule has 1 aliphatic heterocycles. The number of rotatable bonds is 5. The molecule has 0 saturated carbocycles. The first-order valence-corrected chi connectivity index (χ1v) is 8.90. The molecule has 9 heteroatoms. The summed E-state index contributed by atoms with van der Waals surface area (Å²) in [6.45, 7) is 2.32. The molecule has 0 bridgehead atoms. The van der Waals surface area contributed by atoms with Crippen LogP contribution in [-0.4, -0.2) is 60.8 Å². The Balaban J connectivity index is 2.31. The number of nitrogens with zero attached hydrogens (tertiary/aromatic N) is 2. The lowest BCUT2D eigenvalue weighted by atomic mass is 10.2. The maximum Gasteiger partial charge on any atom is 0.321 e. The molecule has 1 heterocycles. The van der Waals surface area contributed by atoms with Gasteiger partial charge in [-0.15, -0.1) is 0 Å². The third kappa shape index (κ3) is 3.41. The van der Waals surface area contributed by atoms with Crippen LogP contribution in [0.3, 0.4) is 0 Å². The Hall–Kier alpha value is -2.00. The van der Waals surface area contributed by atoms with Gasteiger partial charge in [-0.3, -0.25) is 9.59 Å². The second kappa shape index (κ2) is 6.86. The van der Waals surface area contributed by atoms with Crippen LogP contribution in [0.2, 0.25) is 0 Å². The number of amides is 1. The van der Waals surface area contributed by atoms with Crippen LogP contribution in [0.1, 0.15) is 30.1 Å². The van der Waals surface area contributed by atoms with Crippen molar-refractivity contribution >= 4 is 21.9 Å². The molecule has 1 N–H and O–H groups in total. The van der Waals surface area contributed by atoms with E-state index in [4.69, 9.17) is 5.11 Å². The van der Waals surface area contributed by atoms with Gasteiger partial charge in [-0.2, -0.15) is 4.31 Å². The lowest BCUT2D eigenvalue weighted by Gasteiger charge is -2.21. The number of benzene rings is 1. The standard InChI is InChI=1S/C15H19FN2O5S/c1-10(15(20)21)17(2)24(22,23)11-5-6-12(13(16)9-11)14(19)18-7-3-4-8-18/h5-6,9-10H,3-4,7-8H2,1-2H3,(H,20,21). The monoisotopic (exact) mass is 358 g/mol. The van der Waals surface area contributed by atoms with Gasteiger partial charge in [0.25, 0.3) is 5.91 Å². The molecule has 1 fully saturated rings. The van der Waals surface area contributed by atoms with Gasteiger partial charge in [-0.05, 0) is 38.0 Å². The molecule has 1 aromatic carbocycles. The minimum atomic E-state index is -4.18. The van der Waals surface area contributed by atoms with Gasteiger partial charge in [0.05, 0.1) is 10.5 Å². The zero-order valence-corrected chi connectivity index (χ0v) is 14.2. The molecule has 1 saturated heterocycles. The van der Waals surface area contributed by atoms with Crippen molar-refractivity contribution in [1.29, 1.82) is 0 Å². The number of aliphatic carboxylic acids is 1. The number of likely N-dealkylation sites (N-methyl/N-ethyl adjacent to an activating group) is 1. The van der Waals surface area contributed by atoms with Gasteiger partial charge in [0.2, 0.25) is 10.0 Å². The van der Waals surface area contributed by atoms with E-state index in [1.165, 1.54) is 11.8 Å². The van der Waals surface area contributed by atoms with Gasteiger partial charge in [-0.25, -0.2) is 12.8 Å². The molecule has 132 valence electrons. The number of carboxylic acid groups (broad SMARTS) is 1. The molecule has 0 spiro atoms. The van der Waals surface area contributed by atoms with Crippen LogP contribution >= 0.6 is 0 Å². The van der Waals surface area contributed by atoms with Crippen LogP contribution in [0.5, 0.6) is 0 Å². The summed E-state index contributed by atoms with van der Waals surface area (Å²) in [5.41, 5.74) is -0.190. The molecule has 0 aliphatic carbocycles. The second-order valence-corrected chi connectivity index (χ2v) is 7.67. The lowest BCUT2D eigenvalue weighted by Crippen LogP contribution is -2.40. The van der Waals surface area contributed by atoms with E-state index < -0.39 is 38.7 Å². The highest BCUT2D eigenvalue weighted by Crippen LogP contribution is 2.22. The zero-order chi connectivity index (χ0) is 18.1. The number of hydrogen-bond acceptors (Lipinski definition) is 4. The highest BCUT2D eigenvalue weighted by molar-refractivity contribution is 7.89. The van der Waals surface area contributed by atoms with Crippen LogP contribution in [0.15, 0.2) is 23.1 Å². The Morgan fingerprint density at radius 2 is 1.88 bits per heavy atom. The Morgan fingerprint density at radius 3 is 2.38 bits per heavy atom. The highest BCUT2D eigenvalue weighted by Gasteiger charge is 2.31. The van der Waals surface area contributed by atoms with Gasteiger partial charge in [-0.1, -0.05) is 0 Å². The Kier molecular flexibility index (Phi) is 5.24. The predicted octanol–water partition coefficient (Wildman–Crippen LogP) is 1.16. The van der Waals surface area contributed by atoms with E-state index in [9.17, 15) is 22.4 Å². The normalized spacial score (nSPS) is 16.4.